The molecule has 0 aliphatic carbocycles. The van der Waals surface area contributed by atoms with E-state index in [1.807, 2.05) is 38.1 Å². The molecule has 106 valence electrons. The molecule has 2 rings (SSSR count). The molecular formula is C16H17ClFNO. The Bertz CT molecular complexity index is 617. The Morgan fingerprint density at radius 1 is 1.25 bits per heavy atom. The molecule has 4 heteroatoms. The van der Waals surface area contributed by atoms with E-state index in [1.165, 1.54) is 12.1 Å². The van der Waals surface area contributed by atoms with Crippen LogP contribution in [0.4, 0.5) is 10.1 Å². The van der Waals surface area contributed by atoms with E-state index >= 15 is 0 Å². The lowest BCUT2D eigenvalue weighted by atomic mass is 9.92. The van der Waals surface area contributed by atoms with Crippen LogP contribution in [0, 0.1) is 12.7 Å². The normalized spacial score (nSPS) is 13.8. The average Bonchev–Trinajstić information content (AvgIpc) is 2.41. The fourth-order valence-corrected chi connectivity index (χ4v) is 2.26. The second kappa shape index (κ2) is 5.81. The first-order valence-corrected chi connectivity index (χ1v) is 6.74. The molecule has 0 aliphatic rings. The Morgan fingerprint density at radius 3 is 2.60 bits per heavy atom. The topological polar surface area (TPSA) is 32.3 Å². The predicted molar refractivity (Wildman–Crippen MR) is 80.6 cm³/mol. The SMILES string of the molecule is Cc1cccc(NC(C)(CO)c2ccc(F)c(Cl)c2)c1. The van der Waals surface area contributed by atoms with Crippen molar-refractivity contribution in [1.29, 1.82) is 0 Å². The standard InChI is InChI=1S/C16H17ClFNO/c1-11-4-3-5-13(8-11)19-16(2,10-20)12-6-7-15(18)14(17)9-12/h3-9,19-20H,10H2,1-2H3. The molecule has 0 heterocycles. The molecule has 2 N–H and O–H groups in total. The van der Waals surface area contributed by atoms with Gasteiger partial charge in [0.25, 0.3) is 0 Å². The lowest BCUT2D eigenvalue weighted by Gasteiger charge is -2.31. The van der Waals surface area contributed by atoms with Gasteiger partial charge in [0, 0.05) is 5.69 Å². The van der Waals surface area contributed by atoms with E-state index in [2.05, 4.69) is 5.32 Å². The van der Waals surface area contributed by atoms with Gasteiger partial charge in [-0.15, -0.1) is 0 Å². The number of benzene rings is 2. The first-order chi connectivity index (χ1) is 9.44. The van der Waals surface area contributed by atoms with Gasteiger partial charge >= 0.3 is 0 Å². The summed E-state index contributed by atoms with van der Waals surface area (Å²) in [4.78, 5) is 0. The predicted octanol–water partition coefficient (Wildman–Crippen LogP) is 4.11. The Morgan fingerprint density at radius 2 is 2.00 bits per heavy atom. The highest BCUT2D eigenvalue weighted by Crippen LogP contribution is 2.29. The van der Waals surface area contributed by atoms with Crippen LogP contribution in [0.15, 0.2) is 42.5 Å². The molecule has 2 aromatic rings. The molecule has 2 nitrogen and oxygen atoms in total. The van der Waals surface area contributed by atoms with Crippen molar-refractivity contribution in [2.75, 3.05) is 11.9 Å². The molecule has 0 aromatic heterocycles. The van der Waals surface area contributed by atoms with Gasteiger partial charge in [-0.2, -0.15) is 0 Å². The molecule has 0 fully saturated rings. The monoisotopic (exact) mass is 293 g/mol. The summed E-state index contributed by atoms with van der Waals surface area (Å²) < 4.78 is 13.3. The summed E-state index contributed by atoms with van der Waals surface area (Å²) in [5.41, 5.74) is 2.01. The summed E-state index contributed by atoms with van der Waals surface area (Å²) in [5.74, 6) is -0.466. The molecule has 2 aromatic carbocycles. The van der Waals surface area contributed by atoms with Crippen molar-refractivity contribution in [3.05, 3.63) is 64.4 Å². The summed E-state index contributed by atoms with van der Waals surface area (Å²) in [6.07, 6.45) is 0. The third-order valence-corrected chi connectivity index (χ3v) is 3.60. The van der Waals surface area contributed by atoms with E-state index in [4.69, 9.17) is 11.6 Å². The maximum atomic E-state index is 13.3. The molecule has 20 heavy (non-hydrogen) atoms. The Kier molecular flexibility index (Phi) is 4.31. The minimum atomic E-state index is -0.731. The molecule has 1 unspecified atom stereocenters. The van der Waals surface area contributed by atoms with Crippen LogP contribution in [0.5, 0.6) is 0 Å². The van der Waals surface area contributed by atoms with Crippen LogP contribution < -0.4 is 5.32 Å². The molecule has 0 spiro atoms. The zero-order chi connectivity index (χ0) is 14.8. The lowest BCUT2D eigenvalue weighted by molar-refractivity contribution is 0.224. The summed E-state index contributed by atoms with van der Waals surface area (Å²) in [5, 5.41) is 13.1. The zero-order valence-corrected chi connectivity index (χ0v) is 12.2. The molecule has 0 saturated heterocycles. The lowest BCUT2D eigenvalue weighted by Crippen LogP contribution is -2.35. The van der Waals surface area contributed by atoms with Crippen molar-refractivity contribution < 1.29 is 9.50 Å². The van der Waals surface area contributed by atoms with Gasteiger partial charge in [0.2, 0.25) is 0 Å². The van der Waals surface area contributed by atoms with Gasteiger partial charge in [-0.05, 0) is 49.2 Å². The number of halogens is 2. The number of aryl methyl sites for hydroxylation is 1. The quantitative estimate of drug-likeness (QED) is 0.889. The molecule has 0 amide bonds. The third kappa shape index (κ3) is 3.11. The van der Waals surface area contributed by atoms with Gasteiger partial charge < -0.3 is 10.4 Å². The highest BCUT2D eigenvalue weighted by Gasteiger charge is 2.26. The molecule has 0 aliphatic heterocycles. The van der Waals surface area contributed by atoms with Crippen molar-refractivity contribution in [2.45, 2.75) is 19.4 Å². The molecular weight excluding hydrogens is 277 g/mol. The summed E-state index contributed by atoms with van der Waals surface area (Å²) in [7, 11) is 0. The van der Waals surface area contributed by atoms with Crippen LogP contribution in [0.25, 0.3) is 0 Å². The number of rotatable bonds is 4. The molecule has 0 saturated carbocycles. The number of aliphatic hydroxyl groups excluding tert-OH is 1. The molecule has 0 bridgehead atoms. The van der Waals surface area contributed by atoms with Gasteiger partial charge in [0.15, 0.2) is 0 Å². The Balaban J connectivity index is 2.35. The van der Waals surface area contributed by atoms with Crippen molar-refractivity contribution in [1.82, 2.24) is 0 Å². The molecule has 1 atom stereocenters. The Hall–Kier alpha value is -1.58. The number of hydrogen-bond donors (Lipinski definition) is 2. The second-order valence-electron chi connectivity index (χ2n) is 5.11. The van der Waals surface area contributed by atoms with Crippen LogP contribution in [0.3, 0.4) is 0 Å². The van der Waals surface area contributed by atoms with Gasteiger partial charge in [-0.1, -0.05) is 29.8 Å². The average molecular weight is 294 g/mol. The van der Waals surface area contributed by atoms with Crippen LogP contribution in [-0.4, -0.2) is 11.7 Å². The highest BCUT2D eigenvalue weighted by atomic mass is 35.5. The van der Waals surface area contributed by atoms with E-state index in [0.29, 0.717) is 0 Å². The van der Waals surface area contributed by atoms with Crippen molar-refractivity contribution in [2.24, 2.45) is 0 Å². The van der Waals surface area contributed by atoms with Crippen LogP contribution in [-0.2, 0) is 5.54 Å². The highest BCUT2D eigenvalue weighted by molar-refractivity contribution is 6.30. The third-order valence-electron chi connectivity index (χ3n) is 3.31. The first kappa shape index (κ1) is 14.8. The van der Waals surface area contributed by atoms with E-state index in [0.717, 1.165) is 16.8 Å². The van der Waals surface area contributed by atoms with Crippen LogP contribution in [0.2, 0.25) is 5.02 Å². The van der Waals surface area contributed by atoms with Gasteiger partial charge in [0.05, 0.1) is 17.2 Å². The largest absolute Gasteiger partial charge is 0.394 e. The molecule has 0 radical (unpaired) electrons. The van der Waals surface area contributed by atoms with Gasteiger partial charge in [0.1, 0.15) is 5.82 Å². The van der Waals surface area contributed by atoms with Gasteiger partial charge in [-0.25, -0.2) is 4.39 Å². The fraction of sp³-hybridized carbons (Fsp3) is 0.250. The maximum absolute atomic E-state index is 13.3. The Labute approximate surface area is 123 Å². The number of hydrogen-bond acceptors (Lipinski definition) is 2. The minimum absolute atomic E-state index is 0.0493. The number of anilines is 1. The van der Waals surface area contributed by atoms with Crippen LogP contribution in [0.1, 0.15) is 18.1 Å². The van der Waals surface area contributed by atoms with E-state index in [1.54, 1.807) is 6.07 Å². The number of nitrogens with one attached hydrogen (secondary N) is 1. The van der Waals surface area contributed by atoms with Crippen molar-refractivity contribution in [3.63, 3.8) is 0 Å². The maximum Gasteiger partial charge on any atom is 0.141 e. The summed E-state index contributed by atoms with van der Waals surface area (Å²) in [6, 6.07) is 12.3. The zero-order valence-electron chi connectivity index (χ0n) is 11.5. The van der Waals surface area contributed by atoms with Crippen LogP contribution >= 0.6 is 11.6 Å². The smallest absolute Gasteiger partial charge is 0.141 e. The van der Waals surface area contributed by atoms with Crippen molar-refractivity contribution in [3.8, 4) is 0 Å². The summed E-state index contributed by atoms with van der Waals surface area (Å²) in [6.45, 7) is 3.71. The fourth-order valence-electron chi connectivity index (χ4n) is 2.08. The second-order valence-corrected chi connectivity index (χ2v) is 5.52. The van der Waals surface area contributed by atoms with E-state index in [-0.39, 0.29) is 11.6 Å². The van der Waals surface area contributed by atoms with E-state index in [9.17, 15) is 9.50 Å². The number of aliphatic hydroxyl groups is 1. The first-order valence-electron chi connectivity index (χ1n) is 6.36. The van der Waals surface area contributed by atoms with Crippen molar-refractivity contribution >= 4 is 17.3 Å². The van der Waals surface area contributed by atoms with E-state index < -0.39 is 11.4 Å². The van der Waals surface area contributed by atoms with Gasteiger partial charge in [-0.3, -0.25) is 0 Å². The minimum Gasteiger partial charge on any atom is -0.394 e. The summed E-state index contributed by atoms with van der Waals surface area (Å²) >= 11 is 5.82.